The Morgan fingerprint density at radius 3 is 2.20 bits per heavy atom. The average molecular weight is 425 g/mol. The van der Waals surface area contributed by atoms with Crippen LogP contribution in [0, 0.1) is 5.41 Å². The maximum atomic E-state index is 12.5. The van der Waals surface area contributed by atoms with Crippen molar-refractivity contribution < 1.29 is 9.53 Å². The lowest BCUT2D eigenvalue weighted by Crippen LogP contribution is -2.39. The van der Waals surface area contributed by atoms with E-state index in [9.17, 15) is 4.79 Å². The Morgan fingerprint density at radius 2 is 1.67 bits per heavy atom. The van der Waals surface area contributed by atoms with Gasteiger partial charge in [-0.3, -0.25) is 4.79 Å². The first-order valence-electron chi connectivity index (χ1n) is 10.8. The molecule has 30 heavy (non-hydrogen) atoms. The summed E-state index contributed by atoms with van der Waals surface area (Å²) in [5.41, 5.74) is 2.17. The van der Waals surface area contributed by atoms with Crippen molar-refractivity contribution in [1.82, 2.24) is 4.90 Å². The Morgan fingerprint density at radius 1 is 1.07 bits per heavy atom. The van der Waals surface area contributed by atoms with Crippen molar-refractivity contribution in [3.05, 3.63) is 48.5 Å². The predicted octanol–water partition coefficient (Wildman–Crippen LogP) is 5.73. The Labute approximate surface area is 184 Å². The molecule has 0 saturated carbocycles. The van der Waals surface area contributed by atoms with Crippen molar-refractivity contribution >= 4 is 29.1 Å². The topological polar surface area (TPSA) is 32.8 Å². The fourth-order valence-corrected chi connectivity index (χ4v) is 5.71. The number of anilines is 2. The van der Waals surface area contributed by atoms with Gasteiger partial charge in [-0.1, -0.05) is 36.0 Å². The predicted molar refractivity (Wildman–Crippen MR) is 124 cm³/mol. The molecular weight excluding hydrogens is 392 g/mol. The molecule has 0 N–H and O–H groups in total. The van der Waals surface area contributed by atoms with E-state index in [1.54, 1.807) is 0 Å². The normalized spacial score (nSPS) is 21.3. The van der Waals surface area contributed by atoms with Crippen molar-refractivity contribution in [2.75, 3.05) is 31.6 Å². The van der Waals surface area contributed by atoms with E-state index in [1.807, 2.05) is 32.5 Å². The first-order valence-corrected chi connectivity index (χ1v) is 11.6. The highest BCUT2D eigenvalue weighted by molar-refractivity contribution is 7.99. The monoisotopic (exact) mass is 424 g/mol. The van der Waals surface area contributed by atoms with E-state index in [1.165, 1.54) is 21.2 Å². The van der Waals surface area contributed by atoms with Crippen LogP contribution in [-0.2, 0) is 9.53 Å². The number of rotatable bonds is 5. The van der Waals surface area contributed by atoms with E-state index in [0.717, 1.165) is 32.5 Å². The summed E-state index contributed by atoms with van der Waals surface area (Å²) >= 11 is 1.84. The van der Waals surface area contributed by atoms with Gasteiger partial charge in [-0.2, -0.15) is 0 Å². The van der Waals surface area contributed by atoms with E-state index < -0.39 is 5.60 Å². The maximum absolute atomic E-state index is 12.5. The van der Waals surface area contributed by atoms with E-state index in [0.29, 0.717) is 6.42 Å². The molecule has 4 rings (SSSR count). The van der Waals surface area contributed by atoms with Gasteiger partial charge in [0, 0.05) is 34.7 Å². The number of likely N-dealkylation sites (tertiary alicyclic amines) is 1. The number of carbonyl (C=O) groups is 1. The van der Waals surface area contributed by atoms with Gasteiger partial charge in [0.25, 0.3) is 0 Å². The lowest BCUT2D eigenvalue weighted by Gasteiger charge is -2.40. The van der Waals surface area contributed by atoms with Gasteiger partial charge in [-0.15, -0.1) is 0 Å². The highest BCUT2D eigenvalue weighted by Gasteiger charge is 2.40. The summed E-state index contributed by atoms with van der Waals surface area (Å²) in [7, 11) is 2.18. The van der Waals surface area contributed by atoms with Gasteiger partial charge in [0.1, 0.15) is 5.60 Å². The number of nitrogens with zero attached hydrogens (tertiary/aromatic N) is 2. The molecule has 0 amide bonds. The minimum Gasteiger partial charge on any atom is -0.460 e. The Hall–Kier alpha value is -1.98. The number of hydrogen-bond donors (Lipinski definition) is 0. The van der Waals surface area contributed by atoms with Gasteiger partial charge in [-0.05, 0) is 71.5 Å². The lowest BCUT2D eigenvalue weighted by atomic mass is 9.81. The second-order valence-electron chi connectivity index (χ2n) is 9.70. The first kappa shape index (κ1) is 21.3. The molecule has 5 heteroatoms. The molecule has 2 aliphatic rings. The Balaban J connectivity index is 1.60. The molecule has 2 aliphatic heterocycles. The molecule has 1 atom stereocenters. The minimum atomic E-state index is -0.432. The van der Waals surface area contributed by atoms with Crippen LogP contribution in [0.5, 0.6) is 0 Å². The zero-order chi connectivity index (χ0) is 21.4. The second-order valence-corrected chi connectivity index (χ2v) is 10.8. The number of ether oxygens (including phenoxy) is 1. The highest BCUT2D eigenvalue weighted by Crippen LogP contribution is 2.50. The van der Waals surface area contributed by atoms with Gasteiger partial charge in [0.15, 0.2) is 0 Å². The zero-order valence-electron chi connectivity index (χ0n) is 18.5. The Kier molecular flexibility index (Phi) is 5.86. The van der Waals surface area contributed by atoms with Crippen LogP contribution in [0.4, 0.5) is 11.4 Å². The van der Waals surface area contributed by atoms with Gasteiger partial charge >= 0.3 is 5.97 Å². The standard InChI is InChI=1S/C25H32N2O2S/c1-24(2,3)29-23(28)13-14-25(15-16-26(4)17-25)18-27-19-9-5-7-11-21(19)30-22-12-8-6-10-20(22)27/h5-12H,13-18H2,1-4H3. The summed E-state index contributed by atoms with van der Waals surface area (Å²) in [6.45, 7) is 8.79. The van der Waals surface area contributed by atoms with Gasteiger partial charge in [-0.25, -0.2) is 0 Å². The van der Waals surface area contributed by atoms with Crippen molar-refractivity contribution in [2.24, 2.45) is 5.41 Å². The van der Waals surface area contributed by atoms with E-state index in [4.69, 9.17) is 4.74 Å². The van der Waals surface area contributed by atoms with Crippen LogP contribution in [-0.4, -0.2) is 43.2 Å². The molecule has 2 heterocycles. The molecular formula is C25H32N2O2S. The molecule has 0 aromatic heterocycles. The van der Waals surface area contributed by atoms with E-state index >= 15 is 0 Å². The van der Waals surface area contributed by atoms with Crippen LogP contribution in [0.1, 0.15) is 40.0 Å². The smallest absolute Gasteiger partial charge is 0.306 e. The lowest BCUT2D eigenvalue weighted by molar-refractivity contribution is -0.155. The number of hydrogen-bond acceptors (Lipinski definition) is 5. The van der Waals surface area contributed by atoms with E-state index in [-0.39, 0.29) is 11.4 Å². The number of para-hydroxylation sites is 2. The number of fused-ring (bicyclic) bond motifs is 2. The second kappa shape index (κ2) is 8.27. The summed E-state index contributed by atoms with van der Waals surface area (Å²) in [5.74, 6) is -0.0913. The van der Waals surface area contributed by atoms with Crippen LogP contribution in [0.25, 0.3) is 0 Å². The maximum Gasteiger partial charge on any atom is 0.306 e. The third-order valence-corrected chi connectivity index (χ3v) is 7.06. The van der Waals surface area contributed by atoms with Gasteiger partial charge < -0.3 is 14.5 Å². The number of esters is 1. The first-order chi connectivity index (χ1) is 14.2. The van der Waals surface area contributed by atoms with Crippen molar-refractivity contribution in [3.63, 3.8) is 0 Å². The summed E-state index contributed by atoms with van der Waals surface area (Å²) in [6, 6.07) is 17.3. The third kappa shape index (κ3) is 4.68. The minimum absolute atomic E-state index is 0.0634. The summed E-state index contributed by atoms with van der Waals surface area (Å²) < 4.78 is 5.60. The van der Waals surface area contributed by atoms with Crippen molar-refractivity contribution in [3.8, 4) is 0 Å². The van der Waals surface area contributed by atoms with Gasteiger partial charge in [0.2, 0.25) is 0 Å². The molecule has 0 aliphatic carbocycles. The molecule has 0 spiro atoms. The zero-order valence-corrected chi connectivity index (χ0v) is 19.3. The quantitative estimate of drug-likeness (QED) is 0.572. The Bertz CT molecular complexity index is 878. The van der Waals surface area contributed by atoms with Crippen molar-refractivity contribution in [1.29, 1.82) is 0 Å². The van der Waals surface area contributed by atoms with Crippen LogP contribution < -0.4 is 4.90 Å². The van der Waals surface area contributed by atoms with Crippen LogP contribution in [0.15, 0.2) is 58.3 Å². The summed E-state index contributed by atoms with van der Waals surface area (Å²) in [4.78, 5) is 19.9. The summed E-state index contributed by atoms with van der Waals surface area (Å²) in [6.07, 6.45) is 2.41. The third-order valence-electron chi connectivity index (χ3n) is 5.93. The van der Waals surface area contributed by atoms with Gasteiger partial charge in [0.05, 0.1) is 11.4 Å². The van der Waals surface area contributed by atoms with E-state index in [2.05, 4.69) is 65.4 Å². The van der Waals surface area contributed by atoms with Crippen molar-refractivity contribution in [2.45, 2.75) is 55.4 Å². The van der Waals surface area contributed by atoms with Crippen LogP contribution >= 0.6 is 11.8 Å². The van der Waals surface area contributed by atoms with Crippen LogP contribution in [0.3, 0.4) is 0 Å². The molecule has 4 nitrogen and oxygen atoms in total. The molecule has 0 radical (unpaired) electrons. The number of benzene rings is 2. The fraction of sp³-hybridized carbons (Fsp3) is 0.480. The van der Waals surface area contributed by atoms with Crippen LogP contribution in [0.2, 0.25) is 0 Å². The highest BCUT2D eigenvalue weighted by atomic mass is 32.2. The fourth-order valence-electron chi connectivity index (χ4n) is 4.62. The average Bonchev–Trinajstić information content (AvgIpc) is 3.06. The molecule has 2 aromatic carbocycles. The summed E-state index contributed by atoms with van der Waals surface area (Å²) in [5, 5.41) is 0. The molecule has 2 aromatic rings. The number of carbonyl (C=O) groups excluding carboxylic acids is 1. The largest absolute Gasteiger partial charge is 0.460 e. The molecule has 160 valence electrons. The molecule has 1 saturated heterocycles. The molecule has 0 bridgehead atoms. The SMILES string of the molecule is CN1CCC(CCC(=O)OC(C)(C)C)(CN2c3ccccc3Sc3ccccc32)C1. The molecule has 1 fully saturated rings. The molecule has 1 unspecified atom stereocenters.